The Morgan fingerprint density at radius 2 is 1.55 bits per heavy atom. The molecule has 6 heteroatoms. The molecule has 2 N–H and O–H groups in total. The standard InChI is InChI=1S/C14H11F4NO/c1-20-12-3-2-7(15)4-9(12)14(19)13-10(17)5-8(16)6-11(13)18/h2-6,14H,19H2,1H3. The van der Waals surface area contributed by atoms with Crippen molar-refractivity contribution in [2.24, 2.45) is 5.73 Å². The van der Waals surface area contributed by atoms with Gasteiger partial charge in [0.2, 0.25) is 0 Å². The zero-order valence-corrected chi connectivity index (χ0v) is 10.5. The van der Waals surface area contributed by atoms with Gasteiger partial charge in [0.15, 0.2) is 0 Å². The van der Waals surface area contributed by atoms with Crippen molar-refractivity contribution in [3.05, 3.63) is 64.7 Å². The molecule has 0 saturated heterocycles. The molecule has 0 bridgehead atoms. The fourth-order valence-electron chi connectivity index (χ4n) is 1.95. The predicted octanol–water partition coefficient (Wildman–Crippen LogP) is 3.30. The molecule has 0 fully saturated rings. The molecule has 2 aromatic carbocycles. The Kier molecular flexibility index (Phi) is 3.94. The van der Waals surface area contributed by atoms with Gasteiger partial charge in [-0.2, -0.15) is 0 Å². The topological polar surface area (TPSA) is 35.2 Å². The number of nitrogens with two attached hydrogens (primary N) is 1. The van der Waals surface area contributed by atoms with Crippen molar-refractivity contribution in [1.82, 2.24) is 0 Å². The van der Waals surface area contributed by atoms with Crippen LogP contribution in [0.4, 0.5) is 17.6 Å². The minimum atomic E-state index is -1.32. The lowest BCUT2D eigenvalue weighted by molar-refractivity contribution is 0.405. The summed E-state index contributed by atoms with van der Waals surface area (Å²) in [5.41, 5.74) is 5.28. The van der Waals surface area contributed by atoms with E-state index >= 15 is 0 Å². The van der Waals surface area contributed by atoms with E-state index in [1.807, 2.05) is 0 Å². The molecule has 2 nitrogen and oxygen atoms in total. The molecule has 0 aliphatic rings. The second-order valence-electron chi connectivity index (χ2n) is 4.15. The number of hydrogen-bond acceptors (Lipinski definition) is 2. The van der Waals surface area contributed by atoms with Gasteiger partial charge in [0, 0.05) is 23.3 Å². The van der Waals surface area contributed by atoms with Gasteiger partial charge >= 0.3 is 0 Å². The summed E-state index contributed by atoms with van der Waals surface area (Å²) in [5.74, 6) is -3.77. The lowest BCUT2D eigenvalue weighted by Gasteiger charge is -2.17. The quantitative estimate of drug-likeness (QED) is 0.878. The fraction of sp³-hybridized carbons (Fsp3) is 0.143. The van der Waals surface area contributed by atoms with Crippen LogP contribution in [0.1, 0.15) is 17.2 Å². The molecule has 0 heterocycles. The van der Waals surface area contributed by atoms with E-state index in [1.54, 1.807) is 0 Å². The Morgan fingerprint density at radius 1 is 0.950 bits per heavy atom. The first-order chi connectivity index (χ1) is 9.43. The molecule has 0 aromatic heterocycles. The normalized spacial score (nSPS) is 12.3. The molecule has 106 valence electrons. The van der Waals surface area contributed by atoms with Crippen LogP contribution in [-0.2, 0) is 0 Å². The molecule has 0 aliphatic carbocycles. The van der Waals surface area contributed by atoms with Gasteiger partial charge in [-0.1, -0.05) is 0 Å². The van der Waals surface area contributed by atoms with Crippen molar-refractivity contribution in [3.63, 3.8) is 0 Å². The van der Waals surface area contributed by atoms with Gasteiger partial charge in [0.05, 0.1) is 13.2 Å². The van der Waals surface area contributed by atoms with Crippen molar-refractivity contribution >= 4 is 0 Å². The van der Waals surface area contributed by atoms with Gasteiger partial charge < -0.3 is 10.5 Å². The van der Waals surface area contributed by atoms with Crippen LogP contribution in [-0.4, -0.2) is 7.11 Å². The minimum absolute atomic E-state index is 0.0666. The van der Waals surface area contributed by atoms with Gasteiger partial charge in [0.25, 0.3) is 0 Å². The third kappa shape index (κ3) is 2.60. The van der Waals surface area contributed by atoms with Crippen LogP contribution >= 0.6 is 0 Å². The number of hydrogen-bond donors (Lipinski definition) is 1. The second kappa shape index (κ2) is 5.50. The molecule has 0 saturated carbocycles. The molecular weight excluding hydrogens is 274 g/mol. The molecule has 2 rings (SSSR count). The van der Waals surface area contributed by atoms with Crippen LogP contribution in [0.25, 0.3) is 0 Å². The predicted molar refractivity (Wildman–Crippen MR) is 65.3 cm³/mol. The van der Waals surface area contributed by atoms with Crippen LogP contribution < -0.4 is 10.5 Å². The number of methoxy groups -OCH3 is 1. The van der Waals surface area contributed by atoms with Crippen molar-refractivity contribution in [3.8, 4) is 5.75 Å². The Hall–Kier alpha value is -2.08. The highest BCUT2D eigenvalue weighted by Crippen LogP contribution is 2.32. The van der Waals surface area contributed by atoms with Crippen LogP contribution in [0.2, 0.25) is 0 Å². The van der Waals surface area contributed by atoms with Gasteiger partial charge in [-0.25, -0.2) is 17.6 Å². The molecule has 0 spiro atoms. The Balaban J connectivity index is 2.57. The summed E-state index contributed by atoms with van der Waals surface area (Å²) in [6, 6.07) is 3.16. The lowest BCUT2D eigenvalue weighted by atomic mass is 9.97. The van der Waals surface area contributed by atoms with E-state index in [0.717, 1.165) is 12.1 Å². The smallest absolute Gasteiger partial charge is 0.134 e. The van der Waals surface area contributed by atoms with E-state index < -0.39 is 34.9 Å². The van der Waals surface area contributed by atoms with Gasteiger partial charge in [-0.05, 0) is 18.2 Å². The molecule has 0 amide bonds. The Morgan fingerprint density at radius 3 is 2.10 bits per heavy atom. The van der Waals surface area contributed by atoms with Crippen molar-refractivity contribution < 1.29 is 22.3 Å². The van der Waals surface area contributed by atoms with Crippen molar-refractivity contribution in [1.29, 1.82) is 0 Å². The molecule has 0 aliphatic heterocycles. The lowest BCUT2D eigenvalue weighted by Crippen LogP contribution is -2.17. The van der Waals surface area contributed by atoms with Gasteiger partial charge in [-0.3, -0.25) is 0 Å². The zero-order chi connectivity index (χ0) is 14.9. The average Bonchev–Trinajstić information content (AvgIpc) is 2.37. The van der Waals surface area contributed by atoms with E-state index in [4.69, 9.17) is 10.5 Å². The maximum atomic E-state index is 13.7. The van der Waals surface area contributed by atoms with E-state index in [1.165, 1.54) is 13.2 Å². The number of rotatable bonds is 3. The highest BCUT2D eigenvalue weighted by molar-refractivity contribution is 5.42. The molecule has 1 unspecified atom stereocenters. The van der Waals surface area contributed by atoms with Gasteiger partial charge in [-0.15, -0.1) is 0 Å². The van der Waals surface area contributed by atoms with Crippen LogP contribution in [0.3, 0.4) is 0 Å². The largest absolute Gasteiger partial charge is 0.496 e. The summed E-state index contributed by atoms with van der Waals surface area (Å²) in [6.07, 6.45) is 0. The number of ether oxygens (including phenoxy) is 1. The Bertz CT molecular complexity index is 622. The van der Waals surface area contributed by atoms with Gasteiger partial charge in [0.1, 0.15) is 29.0 Å². The summed E-state index contributed by atoms with van der Waals surface area (Å²) in [6.45, 7) is 0. The first-order valence-electron chi connectivity index (χ1n) is 5.67. The summed E-state index contributed by atoms with van der Waals surface area (Å²) in [7, 11) is 1.32. The molecule has 0 radical (unpaired) electrons. The molecular formula is C14H11F4NO. The third-order valence-corrected chi connectivity index (χ3v) is 2.88. The van der Waals surface area contributed by atoms with Crippen LogP contribution in [0.5, 0.6) is 5.75 Å². The average molecular weight is 285 g/mol. The van der Waals surface area contributed by atoms with E-state index in [9.17, 15) is 17.6 Å². The minimum Gasteiger partial charge on any atom is -0.496 e. The summed E-state index contributed by atoms with van der Waals surface area (Å²) in [4.78, 5) is 0. The molecule has 20 heavy (non-hydrogen) atoms. The fourth-order valence-corrected chi connectivity index (χ4v) is 1.95. The Labute approximate surface area is 112 Å². The summed E-state index contributed by atoms with van der Waals surface area (Å²) in [5, 5.41) is 0. The van der Waals surface area contributed by atoms with E-state index in [0.29, 0.717) is 12.1 Å². The van der Waals surface area contributed by atoms with Crippen molar-refractivity contribution in [2.45, 2.75) is 6.04 Å². The van der Waals surface area contributed by atoms with Crippen molar-refractivity contribution in [2.75, 3.05) is 7.11 Å². The maximum Gasteiger partial charge on any atom is 0.134 e. The van der Waals surface area contributed by atoms with Crippen LogP contribution in [0.15, 0.2) is 30.3 Å². The summed E-state index contributed by atoms with van der Waals surface area (Å²) >= 11 is 0. The highest BCUT2D eigenvalue weighted by Gasteiger charge is 2.23. The monoisotopic (exact) mass is 285 g/mol. The van der Waals surface area contributed by atoms with Crippen LogP contribution in [0, 0.1) is 23.3 Å². The SMILES string of the molecule is COc1ccc(F)cc1C(N)c1c(F)cc(F)cc1F. The summed E-state index contributed by atoms with van der Waals surface area (Å²) < 4.78 is 58.5. The third-order valence-electron chi connectivity index (χ3n) is 2.88. The first-order valence-corrected chi connectivity index (χ1v) is 5.67. The maximum absolute atomic E-state index is 13.7. The highest BCUT2D eigenvalue weighted by atomic mass is 19.1. The molecule has 2 aromatic rings. The van der Waals surface area contributed by atoms with E-state index in [2.05, 4.69) is 0 Å². The zero-order valence-electron chi connectivity index (χ0n) is 10.5. The second-order valence-corrected chi connectivity index (χ2v) is 4.15. The number of benzene rings is 2. The van der Waals surface area contributed by atoms with E-state index in [-0.39, 0.29) is 11.3 Å². The first kappa shape index (κ1) is 14.3. The number of halogens is 4. The molecule has 1 atom stereocenters.